The van der Waals surface area contributed by atoms with Crippen LogP contribution in [-0.4, -0.2) is 24.0 Å². The third-order valence-electron chi connectivity index (χ3n) is 3.90. The molecule has 0 bridgehead atoms. The van der Waals surface area contributed by atoms with Crippen molar-refractivity contribution in [3.8, 4) is 5.75 Å². The third-order valence-corrected chi connectivity index (χ3v) is 4.66. The van der Waals surface area contributed by atoms with E-state index in [1.807, 2.05) is 55.5 Å². The normalized spacial score (nSPS) is 10.2. The number of carbonyl (C=O) groups is 2. The molecular weight excluding hydrogens is 376 g/mol. The average molecular weight is 396 g/mol. The number of urea groups is 1. The summed E-state index contributed by atoms with van der Waals surface area (Å²) in [4.78, 5) is 28.5. The molecule has 0 fully saturated rings. The van der Waals surface area contributed by atoms with Gasteiger partial charge in [-0.1, -0.05) is 35.9 Å². The number of anilines is 2. The Morgan fingerprint density at radius 2 is 1.82 bits per heavy atom. The van der Waals surface area contributed by atoms with Gasteiger partial charge in [0.2, 0.25) is 0 Å². The molecule has 1 aromatic heterocycles. The molecule has 0 aliphatic carbocycles. The van der Waals surface area contributed by atoms with Crippen molar-refractivity contribution in [3.05, 3.63) is 70.7 Å². The number of benzene rings is 2. The fraction of sp³-hybridized carbons (Fsp3) is 0.150. The maximum absolute atomic E-state index is 12.3. The van der Waals surface area contributed by atoms with E-state index in [-0.39, 0.29) is 11.6 Å². The van der Waals surface area contributed by atoms with Crippen LogP contribution in [0.2, 0.25) is 0 Å². The van der Waals surface area contributed by atoms with Crippen molar-refractivity contribution < 1.29 is 14.3 Å². The molecule has 0 atom stereocenters. The Labute approximate surface area is 166 Å². The number of nitrogens with one attached hydrogen (secondary N) is 3. The van der Waals surface area contributed by atoms with Crippen molar-refractivity contribution in [1.29, 1.82) is 0 Å². The molecular formula is C20H20N4O3S. The van der Waals surface area contributed by atoms with Gasteiger partial charge in [-0.3, -0.25) is 10.1 Å². The first-order valence-electron chi connectivity index (χ1n) is 8.55. The van der Waals surface area contributed by atoms with Gasteiger partial charge < -0.3 is 15.4 Å². The monoisotopic (exact) mass is 396 g/mol. The second-order valence-corrected chi connectivity index (χ2v) is 6.84. The summed E-state index contributed by atoms with van der Waals surface area (Å²) in [6.07, 6.45) is 0. The summed E-state index contributed by atoms with van der Waals surface area (Å²) in [7, 11) is 1.58. The molecule has 7 nitrogen and oxygen atoms in total. The van der Waals surface area contributed by atoms with Crippen LogP contribution in [0.3, 0.4) is 0 Å². The van der Waals surface area contributed by atoms with Gasteiger partial charge in [0.15, 0.2) is 5.13 Å². The topological polar surface area (TPSA) is 92.4 Å². The number of nitrogens with zero attached hydrogens (tertiary/aromatic N) is 1. The molecule has 0 saturated heterocycles. The van der Waals surface area contributed by atoms with Gasteiger partial charge in [-0.2, -0.15) is 0 Å². The number of amides is 3. The molecule has 0 aliphatic rings. The quantitative estimate of drug-likeness (QED) is 0.586. The number of methoxy groups -OCH3 is 1. The van der Waals surface area contributed by atoms with Gasteiger partial charge >= 0.3 is 6.03 Å². The van der Waals surface area contributed by atoms with Crippen LogP contribution in [0, 0.1) is 6.92 Å². The first kappa shape index (κ1) is 19.4. The van der Waals surface area contributed by atoms with E-state index < -0.39 is 6.03 Å². The zero-order valence-electron chi connectivity index (χ0n) is 15.5. The molecule has 3 aromatic rings. The summed E-state index contributed by atoms with van der Waals surface area (Å²) < 4.78 is 5.27. The van der Waals surface area contributed by atoms with Crippen LogP contribution >= 0.6 is 11.3 Å². The number of rotatable bonds is 6. The number of carbonyl (C=O) groups excluding carboxylic acids is 2. The highest BCUT2D eigenvalue weighted by molar-refractivity contribution is 7.14. The minimum atomic E-state index is -0.417. The van der Waals surface area contributed by atoms with E-state index in [4.69, 9.17) is 4.74 Å². The van der Waals surface area contributed by atoms with Crippen molar-refractivity contribution >= 4 is 34.1 Å². The number of hydrogen-bond donors (Lipinski definition) is 3. The van der Waals surface area contributed by atoms with Crippen molar-refractivity contribution in [2.75, 3.05) is 17.7 Å². The Morgan fingerprint density at radius 3 is 2.57 bits per heavy atom. The Balaban J connectivity index is 1.54. The van der Waals surface area contributed by atoms with E-state index >= 15 is 0 Å². The van der Waals surface area contributed by atoms with Crippen molar-refractivity contribution in [1.82, 2.24) is 10.3 Å². The SMILES string of the molecule is COc1ccccc1CNC(=O)c1csc(NC(=O)Nc2ccc(C)cc2)n1. The zero-order valence-corrected chi connectivity index (χ0v) is 16.3. The second-order valence-electron chi connectivity index (χ2n) is 5.98. The Bertz CT molecular complexity index is 970. The lowest BCUT2D eigenvalue weighted by Gasteiger charge is -2.08. The molecule has 3 amide bonds. The zero-order chi connectivity index (χ0) is 19.9. The molecule has 0 radical (unpaired) electrons. The number of thiazole rings is 1. The van der Waals surface area contributed by atoms with Crippen LogP contribution in [0.25, 0.3) is 0 Å². The fourth-order valence-electron chi connectivity index (χ4n) is 2.45. The molecule has 0 spiro atoms. The van der Waals surface area contributed by atoms with Crippen molar-refractivity contribution in [2.24, 2.45) is 0 Å². The standard InChI is InChI=1S/C20H20N4O3S/c1-13-7-9-15(10-8-13)22-19(26)24-20-23-16(12-28-20)18(25)21-11-14-5-3-4-6-17(14)27-2/h3-10,12H,11H2,1-2H3,(H,21,25)(H2,22,23,24,26). The van der Waals surface area contributed by atoms with Crippen LogP contribution < -0.4 is 20.7 Å². The highest BCUT2D eigenvalue weighted by Crippen LogP contribution is 2.18. The molecule has 3 rings (SSSR count). The van der Waals surface area contributed by atoms with E-state index in [0.717, 1.165) is 11.1 Å². The maximum Gasteiger partial charge on any atom is 0.325 e. The number of hydrogen-bond acceptors (Lipinski definition) is 5. The van der Waals surface area contributed by atoms with Gasteiger partial charge in [-0.15, -0.1) is 11.3 Å². The van der Waals surface area contributed by atoms with E-state index in [1.54, 1.807) is 12.5 Å². The van der Waals surface area contributed by atoms with Crippen LogP contribution in [-0.2, 0) is 6.54 Å². The first-order valence-corrected chi connectivity index (χ1v) is 9.43. The van der Waals surface area contributed by atoms with Gasteiger partial charge in [0.25, 0.3) is 5.91 Å². The molecule has 3 N–H and O–H groups in total. The minimum Gasteiger partial charge on any atom is -0.496 e. The summed E-state index contributed by atoms with van der Waals surface area (Å²) in [6.45, 7) is 2.29. The number of aromatic nitrogens is 1. The van der Waals surface area contributed by atoms with Gasteiger partial charge in [-0.05, 0) is 25.1 Å². The van der Waals surface area contributed by atoms with E-state index in [2.05, 4.69) is 20.9 Å². The van der Waals surface area contributed by atoms with Gasteiger partial charge in [0.1, 0.15) is 11.4 Å². The summed E-state index contributed by atoms with van der Waals surface area (Å²) in [6, 6.07) is 14.5. The Kier molecular flexibility index (Phi) is 6.23. The molecule has 144 valence electrons. The molecule has 1 heterocycles. The third kappa shape index (κ3) is 5.08. The number of ether oxygens (including phenoxy) is 1. The average Bonchev–Trinajstić information content (AvgIpc) is 3.16. The summed E-state index contributed by atoms with van der Waals surface area (Å²) in [5, 5.41) is 10.1. The lowest BCUT2D eigenvalue weighted by atomic mass is 10.2. The molecule has 8 heteroatoms. The van der Waals surface area contributed by atoms with E-state index in [9.17, 15) is 9.59 Å². The van der Waals surface area contributed by atoms with E-state index in [0.29, 0.717) is 23.1 Å². The highest BCUT2D eigenvalue weighted by atomic mass is 32.1. The van der Waals surface area contributed by atoms with Gasteiger partial charge in [-0.25, -0.2) is 9.78 Å². The van der Waals surface area contributed by atoms with Crippen LogP contribution in [0.4, 0.5) is 15.6 Å². The van der Waals surface area contributed by atoms with Crippen molar-refractivity contribution in [3.63, 3.8) is 0 Å². The summed E-state index contributed by atoms with van der Waals surface area (Å²) in [5.41, 5.74) is 2.89. The predicted octanol–water partition coefficient (Wildman–Crippen LogP) is 4.03. The van der Waals surface area contributed by atoms with Crippen LogP contribution in [0.15, 0.2) is 53.9 Å². The predicted molar refractivity (Wildman–Crippen MR) is 110 cm³/mol. The first-order chi connectivity index (χ1) is 13.5. The smallest absolute Gasteiger partial charge is 0.325 e. The second kappa shape index (κ2) is 9.01. The van der Waals surface area contributed by atoms with Crippen molar-refractivity contribution in [2.45, 2.75) is 13.5 Å². The maximum atomic E-state index is 12.3. The summed E-state index contributed by atoms with van der Waals surface area (Å²) >= 11 is 1.18. The number of aryl methyl sites for hydroxylation is 1. The van der Waals surface area contributed by atoms with Gasteiger partial charge in [0.05, 0.1) is 7.11 Å². The molecule has 0 unspecified atom stereocenters. The minimum absolute atomic E-state index is 0.241. The molecule has 0 saturated carbocycles. The summed E-state index contributed by atoms with van der Waals surface area (Å²) in [5.74, 6) is 0.380. The Morgan fingerprint density at radius 1 is 1.07 bits per heavy atom. The van der Waals surface area contributed by atoms with Gasteiger partial charge in [0, 0.05) is 23.2 Å². The molecule has 0 aliphatic heterocycles. The van der Waals surface area contributed by atoms with E-state index in [1.165, 1.54) is 11.3 Å². The Hall–Kier alpha value is -3.39. The largest absolute Gasteiger partial charge is 0.496 e. The molecule has 2 aromatic carbocycles. The fourth-order valence-corrected chi connectivity index (χ4v) is 3.13. The number of para-hydroxylation sites is 1. The molecule has 28 heavy (non-hydrogen) atoms. The van der Waals surface area contributed by atoms with Crippen LogP contribution in [0.1, 0.15) is 21.6 Å². The highest BCUT2D eigenvalue weighted by Gasteiger charge is 2.13. The lowest BCUT2D eigenvalue weighted by Crippen LogP contribution is -2.24. The van der Waals surface area contributed by atoms with Crippen LogP contribution in [0.5, 0.6) is 5.75 Å². The lowest BCUT2D eigenvalue weighted by molar-refractivity contribution is 0.0946.